The van der Waals surface area contributed by atoms with Gasteiger partial charge in [-0.15, -0.1) is 0 Å². The summed E-state index contributed by atoms with van der Waals surface area (Å²) in [6.07, 6.45) is 0.832. The van der Waals surface area contributed by atoms with E-state index >= 15 is 0 Å². The lowest BCUT2D eigenvalue weighted by molar-refractivity contribution is -0.0210. The number of amides is 1. The summed E-state index contributed by atoms with van der Waals surface area (Å²) in [6, 6.07) is 17.4. The summed E-state index contributed by atoms with van der Waals surface area (Å²) in [6.45, 7) is 0.860. The van der Waals surface area contributed by atoms with Crippen molar-refractivity contribution in [3.8, 4) is 0 Å². The lowest BCUT2D eigenvalue weighted by Crippen LogP contribution is -2.45. The third-order valence-electron chi connectivity index (χ3n) is 6.12. The second kappa shape index (κ2) is 9.66. The number of halogens is 2. The lowest BCUT2D eigenvalue weighted by atomic mass is 9.84. The van der Waals surface area contributed by atoms with Crippen LogP contribution >= 0.6 is 34.9 Å². The summed E-state index contributed by atoms with van der Waals surface area (Å²) in [7, 11) is 0. The first-order chi connectivity index (χ1) is 16.8. The number of aromatic nitrogens is 1. The average molecular weight is 529 g/mol. The highest BCUT2D eigenvalue weighted by Gasteiger charge is 2.36. The molecule has 1 amide bonds. The molecule has 0 radical (unpaired) electrons. The van der Waals surface area contributed by atoms with Gasteiger partial charge in [0.1, 0.15) is 5.82 Å². The van der Waals surface area contributed by atoms with Gasteiger partial charge in [-0.1, -0.05) is 41.1 Å². The number of hydrogen-bond acceptors (Lipinski definition) is 7. The number of nitrogens with zero attached hydrogens (tertiary/aromatic N) is 2. The number of nitrogen functional groups attached to an aromatic ring is 1. The fraction of sp³-hybridized carbons (Fsp3) is 0.200. The Morgan fingerprint density at radius 2 is 1.89 bits per heavy atom. The van der Waals surface area contributed by atoms with Crippen molar-refractivity contribution in [2.75, 3.05) is 23.5 Å². The number of likely N-dealkylation sites (tertiary alicyclic amines) is 1. The molecule has 0 saturated carbocycles. The van der Waals surface area contributed by atoms with Gasteiger partial charge in [0.25, 0.3) is 5.91 Å². The zero-order chi connectivity index (χ0) is 24.6. The van der Waals surface area contributed by atoms with E-state index in [9.17, 15) is 14.3 Å². The Kier molecular flexibility index (Phi) is 6.59. The van der Waals surface area contributed by atoms with Gasteiger partial charge in [-0.05, 0) is 67.3 Å². The lowest BCUT2D eigenvalue weighted by Gasteiger charge is -2.39. The Bertz CT molecular complexity index is 1390. The van der Waals surface area contributed by atoms with Crippen LogP contribution in [0.5, 0.6) is 0 Å². The van der Waals surface area contributed by atoms with Crippen molar-refractivity contribution in [2.45, 2.75) is 23.3 Å². The van der Waals surface area contributed by atoms with Crippen molar-refractivity contribution < 1.29 is 14.3 Å². The Morgan fingerprint density at radius 3 is 2.60 bits per heavy atom. The Labute approximate surface area is 215 Å². The average Bonchev–Trinajstić information content (AvgIpc) is 3.21. The molecule has 10 heteroatoms. The van der Waals surface area contributed by atoms with E-state index < -0.39 is 5.60 Å². The normalized spacial score (nSPS) is 15.3. The predicted molar refractivity (Wildman–Crippen MR) is 140 cm³/mol. The van der Waals surface area contributed by atoms with Crippen LogP contribution in [-0.4, -0.2) is 34.0 Å². The third kappa shape index (κ3) is 4.95. The van der Waals surface area contributed by atoms with Gasteiger partial charge < -0.3 is 20.5 Å². The summed E-state index contributed by atoms with van der Waals surface area (Å²) in [4.78, 5) is 19.4. The molecular weight excluding hydrogens is 507 g/mol. The van der Waals surface area contributed by atoms with Crippen molar-refractivity contribution in [1.82, 2.24) is 9.88 Å². The zero-order valence-corrected chi connectivity index (χ0v) is 20.9. The number of hydrogen-bond donors (Lipinski definition) is 3. The largest absolute Gasteiger partial charge is 0.385 e. The van der Waals surface area contributed by atoms with Gasteiger partial charge in [-0.25, -0.2) is 9.37 Å². The first-order valence-corrected chi connectivity index (χ1v) is 13.0. The van der Waals surface area contributed by atoms with Gasteiger partial charge in [-0.3, -0.25) is 4.79 Å². The van der Waals surface area contributed by atoms with Crippen molar-refractivity contribution in [3.63, 3.8) is 0 Å². The molecule has 1 aliphatic heterocycles. The number of carbonyl (C=O) groups excluding carboxylic acids is 1. The first kappa shape index (κ1) is 23.9. The van der Waals surface area contributed by atoms with E-state index in [1.54, 1.807) is 41.3 Å². The summed E-state index contributed by atoms with van der Waals surface area (Å²) >= 11 is 8.66. The van der Waals surface area contributed by atoms with Crippen LogP contribution in [0.1, 0.15) is 28.8 Å². The molecule has 4 N–H and O–H groups in total. The molecule has 1 aliphatic rings. The minimum absolute atomic E-state index is 0.0944. The highest BCUT2D eigenvalue weighted by Crippen LogP contribution is 2.37. The van der Waals surface area contributed by atoms with Crippen LogP contribution < -0.4 is 10.5 Å². The molecule has 2 heterocycles. The monoisotopic (exact) mass is 528 g/mol. The van der Waals surface area contributed by atoms with Crippen molar-refractivity contribution >= 4 is 61.8 Å². The highest BCUT2D eigenvalue weighted by molar-refractivity contribution is 8.00. The van der Waals surface area contributed by atoms with Crippen LogP contribution in [0.15, 0.2) is 65.6 Å². The SMILES string of the molecule is Nc1nc2cc(SNc3ccc(C(=O)N4CCC(O)(c5ccccc5Cl)CC4)cc3)c(F)cc2s1. The van der Waals surface area contributed by atoms with E-state index in [2.05, 4.69) is 9.71 Å². The smallest absolute Gasteiger partial charge is 0.253 e. The number of nitrogens with one attached hydrogen (secondary N) is 1. The number of thiazole rings is 1. The molecule has 5 rings (SSSR count). The fourth-order valence-electron chi connectivity index (χ4n) is 4.19. The van der Waals surface area contributed by atoms with Crippen LogP contribution in [-0.2, 0) is 5.60 Å². The Hall–Kier alpha value is -2.85. The number of piperidine rings is 1. The molecular formula is C25H22ClFN4O2S2. The number of aliphatic hydroxyl groups is 1. The van der Waals surface area contributed by atoms with Crippen LogP contribution in [0.3, 0.4) is 0 Å². The molecule has 1 saturated heterocycles. The fourth-order valence-corrected chi connectivity index (χ4v) is 5.93. The maximum absolute atomic E-state index is 14.4. The predicted octanol–water partition coefficient (Wildman–Crippen LogP) is 5.91. The second-order valence-electron chi connectivity index (χ2n) is 8.39. The number of fused-ring (bicyclic) bond motifs is 1. The van der Waals surface area contributed by atoms with Gasteiger partial charge in [0.05, 0.1) is 20.7 Å². The number of benzene rings is 3. The highest BCUT2D eigenvalue weighted by atomic mass is 35.5. The van der Waals surface area contributed by atoms with Gasteiger partial charge in [0.2, 0.25) is 0 Å². The quantitative estimate of drug-likeness (QED) is 0.279. The number of rotatable bonds is 5. The molecule has 1 fully saturated rings. The molecule has 6 nitrogen and oxygen atoms in total. The van der Waals surface area contributed by atoms with E-state index in [0.717, 1.165) is 17.6 Å². The minimum Gasteiger partial charge on any atom is -0.385 e. The van der Waals surface area contributed by atoms with Gasteiger partial charge in [0.15, 0.2) is 5.13 Å². The zero-order valence-electron chi connectivity index (χ0n) is 18.5. The van der Waals surface area contributed by atoms with Gasteiger partial charge >= 0.3 is 0 Å². The van der Waals surface area contributed by atoms with Crippen LogP contribution in [0.2, 0.25) is 5.02 Å². The topological polar surface area (TPSA) is 91.5 Å². The Morgan fingerprint density at radius 1 is 1.17 bits per heavy atom. The van der Waals surface area contributed by atoms with Crippen molar-refractivity contribution in [1.29, 1.82) is 0 Å². The van der Waals surface area contributed by atoms with E-state index in [1.165, 1.54) is 17.4 Å². The van der Waals surface area contributed by atoms with Crippen LogP contribution in [0.25, 0.3) is 10.2 Å². The molecule has 4 aromatic rings. The molecule has 35 heavy (non-hydrogen) atoms. The number of nitrogens with two attached hydrogens (primary N) is 1. The summed E-state index contributed by atoms with van der Waals surface area (Å²) in [5, 5.41) is 12.0. The molecule has 180 valence electrons. The molecule has 3 aromatic carbocycles. The first-order valence-electron chi connectivity index (χ1n) is 11.0. The molecule has 0 unspecified atom stereocenters. The molecule has 0 atom stereocenters. The number of carbonyl (C=O) groups is 1. The van der Waals surface area contributed by atoms with E-state index in [4.69, 9.17) is 17.3 Å². The molecule has 0 bridgehead atoms. The Balaban J connectivity index is 1.20. The van der Waals surface area contributed by atoms with E-state index in [0.29, 0.717) is 62.3 Å². The summed E-state index contributed by atoms with van der Waals surface area (Å²) in [5.74, 6) is -0.449. The van der Waals surface area contributed by atoms with Gasteiger partial charge in [-0.2, -0.15) is 0 Å². The minimum atomic E-state index is -1.04. The van der Waals surface area contributed by atoms with Crippen LogP contribution in [0.4, 0.5) is 15.2 Å². The van der Waals surface area contributed by atoms with E-state index in [-0.39, 0.29) is 11.7 Å². The number of anilines is 2. The van der Waals surface area contributed by atoms with Crippen LogP contribution in [0, 0.1) is 5.82 Å². The molecule has 1 aromatic heterocycles. The summed E-state index contributed by atoms with van der Waals surface area (Å²) < 4.78 is 18.2. The molecule has 0 spiro atoms. The standard InChI is InChI=1S/C25H22ClFN4O2S2/c26-18-4-2-1-3-17(18)25(33)9-11-31(12-10-25)23(32)15-5-7-16(8-6-15)30-35-21-14-20-22(13-19(21)27)34-24(28)29-20/h1-8,13-14,30,33H,9-12H2,(H2,28,29). The second-order valence-corrected chi connectivity index (χ2v) is 10.7. The maximum Gasteiger partial charge on any atom is 0.253 e. The third-order valence-corrected chi connectivity index (χ3v) is 8.17. The summed E-state index contributed by atoms with van der Waals surface area (Å²) in [5.41, 5.74) is 7.31. The maximum atomic E-state index is 14.4. The van der Waals surface area contributed by atoms with Gasteiger partial charge in [0, 0.05) is 34.9 Å². The van der Waals surface area contributed by atoms with E-state index in [1.807, 2.05) is 18.2 Å². The van der Waals surface area contributed by atoms with Crippen molar-refractivity contribution in [3.05, 3.63) is 82.6 Å². The molecule has 0 aliphatic carbocycles. The van der Waals surface area contributed by atoms with Crippen molar-refractivity contribution in [2.24, 2.45) is 0 Å².